The first kappa shape index (κ1) is 13.8. The zero-order chi connectivity index (χ0) is 11.0. The van der Waals surface area contributed by atoms with Gasteiger partial charge in [0, 0.05) is 5.33 Å². The minimum Gasteiger partial charge on any atom is -0.475 e. The predicted molar refractivity (Wildman–Crippen MR) is 50.8 cm³/mol. The van der Waals surface area contributed by atoms with Crippen LogP contribution in [0.15, 0.2) is 0 Å². The van der Waals surface area contributed by atoms with Crippen molar-refractivity contribution in [2.75, 3.05) is 11.9 Å². The van der Waals surface area contributed by atoms with E-state index in [0.717, 1.165) is 24.6 Å². The molecular formula is C8H13BrF2O3. The van der Waals surface area contributed by atoms with Gasteiger partial charge in [0.2, 0.25) is 0 Å². The molecule has 0 amide bonds. The molecule has 0 aliphatic heterocycles. The van der Waals surface area contributed by atoms with Crippen molar-refractivity contribution in [1.82, 2.24) is 0 Å². The molecule has 0 saturated heterocycles. The third kappa shape index (κ3) is 6.26. The molecule has 0 aromatic heterocycles. The van der Waals surface area contributed by atoms with Gasteiger partial charge in [0.1, 0.15) is 0 Å². The summed E-state index contributed by atoms with van der Waals surface area (Å²) >= 11 is 3.24. The Labute approximate surface area is 89.6 Å². The maximum Gasteiger partial charge on any atom is 0.455 e. The van der Waals surface area contributed by atoms with Crippen LogP contribution in [0.1, 0.15) is 25.7 Å². The quantitative estimate of drug-likeness (QED) is 0.547. The highest BCUT2D eigenvalue weighted by Crippen LogP contribution is 2.16. The van der Waals surface area contributed by atoms with Gasteiger partial charge < -0.3 is 9.84 Å². The van der Waals surface area contributed by atoms with E-state index in [0.29, 0.717) is 6.42 Å². The van der Waals surface area contributed by atoms with Crippen molar-refractivity contribution < 1.29 is 23.4 Å². The largest absolute Gasteiger partial charge is 0.475 e. The van der Waals surface area contributed by atoms with E-state index < -0.39 is 12.1 Å². The van der Waals surface area contributed by atoms with E-state index in [9.17, 15) is 13.6 Å². The highest BCUT2D eigenvalue weighted by molar-refractivity contribution is 9.09. The van der Waals surface area contributed by atoms with Gasteiger partial charge in [-0.3, -0.25) is 0 Å². The molecule has 0 aliphatic carbocycles. The van der Waals surface area contributed by atoms with Crippen LogP contribution in [0.5, 0.6) is 0 Å². The van der Waals surface area contributed by atoms with Crippen LogP contribution in [0, 0.1) is 0 Å². The standard InChI is InChI=1S/C8H13BrF2O3/c9-5-3-1-2-4-6-14-8(10,11)7(12)13/h1-6H2,(H,12,13). The number of carboxylic acid groups (broad SMARTS) is 1. The van der Waals surface area contributed by atoms with Crippen molar-refractivity contribution in [1.29, 1.82) is 0 Å². The summed E-state index contributed by atoms with van der Waals surface area (Å²) in [6, 6.07) is 0. The Morgan fingerprint density at radius 3 is 2.36 bits per heavy atom. The van der Waals surface area contributed by atoms with E-state index in [2.05, 4.69) is 20.7 Å². The van der Waals surface area contributed by atoms with Crippen LogP contribution < -0.4 is 0 Å². The Hall–Kier alpha value is -0.230. The van der Waals surface area contributed by atoms with E-state index in [4.69, 9.17) is 5.11 Å². The van der Waals surface area contributed by atoms with Crippen molar-refractivity contribution in [3.05, 3.63) is 0 Å². The Morgan fingerprint density at radius 1 is 1.29 bits per heavy atom. The molecule has 0 bridgehead atoms. The fourth-order valence-corrected chi connectivity index (χ4v) is 1.21. The molecule has 0 aromatic rings. The summed E-state index contributed by atoms with van der Waals surface area (Å²) in [5, 5.41) is 8.89. The third-order valence-electron chi connectivity index (χ3n) is 1.56. The second-order valence-corrected chi connectivity index (χ2v) is 3.57. The molecule has 0 heterocycles. The zero-order valence-electron chi connectivity index (χ0n) is 7.64. The highest BCUT2D eigenvalue weighted by atomic mass is 79.9. The van der Waals surface area contributed by atoms with Crippen LogP contribution in [0.25, 0.3) is 0 Å². The summed E-state index contributed by atoms with van der Waals surface area (Å²) in [4.78, 5) is 9.91. The second-order valence-electron chi connectivity index (χ2n) is 2.77. The van der Waals surface area contributed by atoms with Gasteiger partial charge in [-0.1, -0.05) is 28.8 Å². The van der Waals surface area contributed by atoms with Gasteiger partial charge in [-0.25, -0.2) is 4.79 Å². The van der Waals surface area contributed by atoms with Crippen molar-refractivity contribution in [2.45, 2.75) is 31.8 Å². The number of ether oxygens (including phenoxy) is 1. The molecule has 0 aromatic carbocycles. The number of halogens is 3. The zero-order valence-corrected chi connectivity index (χ0v) is 9.23. The minimum absolute atomic E-state index is 0.221. The topological polar surface area (TPSA) is 46.5 Å². The van der Waals surface area contributed by atoms with Crippen LogP contribution in [0.3, 0.4) is 0 Å². The minimum atomic E-state index is -4.05. The van der Waals surface area contributed by atoms with Crippen LogP contribution in [0.4, 0.5) is 8.78 Å². The Balaban J connectivity index is 3.40. The smallest absolute Gasteiger partial charge is 0.455 e. The molecule has 14 heavy (non-hydrogen) atoms. The van der Waals surface area contributed by atoms with Crippen LogP contribution >= 0.6 is 15.9 Å². The van der Waals surface area contributed by atoms with Gasteiger partial charge in [0.25, 0.3) is 0 Å². The molecule has 0 spiro atoms. The Morgan fingerprint density at radius 2 is 1.86 bits per heavy atom. The molecule has 3 nitrogen and oxygen atoms in total. The number of carboxylic acids is 1. The maximum atomic E-state index is 12.3. The molecule has 0 atom stereocenters. The number of hydrogen-bond donors (Lipinski definition) is 1. The Kier molecular flexibility index (Phi) is 7.00. The van der Waals surface area contributed by atoms with Gasteiger partial charge in [-0.2, -0.15) is 8.78 Å². The Bertz CT molecular complexity index is 176. The summed E-state index contributed by atoms with van der Waals surface area (Å²) in [5.41, 5.74) is 0. The number of aliphatic carboxylic acids is 1. The molecule has 84 valence electrons. The van der Waals surface area contributed by atoms with Gasteiger partial charge >= 0.3 is 12.1 Å². The first-order chi connectivity index (χ1) is 6.50. The van der Waals surface area contributed by atoms with Crippen LogP contribution in [-0.2, 0) is 9.53 Å². The van der Waals surface area contributed by atoms with Gasteiger partial charge in [0.15, 0.2) is 0 Å². The van der Waals surface area contributed by atoms with E-state index in [1.165, 1.54) is 0 Å². The summed E-state index contributed by atoms with van der Waals surface area (Å²) in [6.45, 7) is -0.221. The van der Waals surface area contributed by atoms with E-state index in [1.807, 2.05) is 0 Å². The van der Waals surface area contributed by atoms with Crippen LogP contribution in [-0.4, -0.2) is 29.1 Å². The monoisotopic (exact) mass is 274 g/mol. The molecule has 6 heteroatoms. The highest BCUT2D eigenvalue weighted by Gasteiger charge is 2.40. The fourth-order valence-electron chi connectivity index (χ4n) is 0.812. The predicted octanol–water partition coefficient (Wildman–Crippen LogP) is 2.64. The maximum absolute atomic E-state index is 12.3. The SMILES string of the molecule is O=C(O)C(F)(F)OCCCCCCBr. The van der Waals surface area contributed by atoms with E-state index in [1.54, 1.807) is 0 Å². The van der Waals surface area contributed by atoms with Crippen molar-refractivity contribution in [3.63, 3.8) is 0 Å². The lowest BCUT2D eigenvalue weighted by molar-refractivity contribution is -0.245. The molecule has 0 fully saturated rings. The van der Waals surface area contributed by atoms with Crippen molar-refractivity contribution in [3.8, 4) is 0 Å². The average Bonchev–Trinajstić information content (AvgIpc) is 2.10. The van der Waals surface area contributed by atoms with Crippen molar-refractivity contribution in [2.24, 2.45) is 0 Å². The third-order valence-corrected chi connectivity index (χ3v) is 2.12. The molecule has 0 rings (SSSR count). The molecule has 0 aliphatic rings. The molecule has 0 unspecified atom stereocenters. The van der Waals surface area contributed by atoms with Crippen molar-refractivity contribution >= 4 is 21.9 Å². The lowest BCUT2D eigenvalue weighted by Crippen LogP contribution is -2.31. The summed E-state index contributed by atoms with van der Waals surface area (Å²) < 4.78 is 28.5. The lowest BCUT2D eigenvalue weighted by Gasteiger charge is -2.11. The van der Waals surface area contributed by atoms with Gasteiger partial charge in [-0.05, 0) is 12.8 Å². The first-order valence-electron chi connectivity index (χ1n) is 4.32. The van der Waals surface area contributed by atoms with E-state index in [-0.39, 0.29) is 6.61 Å². The van der Waals surface area contributed by atoms with Crippen LogP contribution in [0.2, 0.25) is 0 Å². The molecular weight excluding hydrogens is 262 g/mol. The number of rotatable bonds is 8. The summed E-state index contributed by atoms with van der Waals surface area (Å²) in [6.07, 6.45) is -0.921. The number of unbranched alkanes of at least 4 members (excludes halogenated alkanes) is 3. The molecule has 0 radical (unpaired) electrons. The van der Waals surface area contributed by atoms with Gasteiger partial charge in [0.05, 0.1) is 6.61 Å². The summed E-state index contributed by atoms with van der Waals surface area (Å²) in [5.74, 6) is -2.24. The molecule has 0 saturated carbocycles. The van der Waals surface area contributed by atoms with E-state index >= 15 is 0 Å². The normalized spacial score (nSPS) is 11.6. The molecule has 1 N–H and O–H groups in total. The number of alkyl halides is 3. The second kappa shape index (κ2) is 7.11. The average molecular weight is 275 g/mol. The first-order valence-corrected chi connectivity index (χ1v) is 5.44. The lowest BCUT2D eigenvalue weighted by atomic mass is 10.2. The van der Waals surface area contributed by atoms with Gasteiger partial charge in [-0.15, -0.1) is 0 Å². The number of carbonyl (C=O) groups is 1. The number of hydrogen-bond acceptors (Lipinski definition) is 2. The summed E-state index contributed by atoms with van der Waals surface area (Å²) in [7, 11) is 0. The fraction of sp³-hybridized carbons (Fsp3) is 0.875.